The van der Waals surface area contributed by atoms with Gasteiger partial charge in [0.2, 0.25) is 0 Å². The molecule has 4 nitrogen and oxygen atoms in total. The average molecular weight is 543 g/mol. The van der Waals surface area contributed by atoms with Crippen molar-refractivity contribution in [2.24, 2.45) is 0 Å². The van der Waals surface area contributed by atoms with Crippen molar-refractivity contribution in [3.8, 4) is 0 Å². The molecule has 0 aliphatic carbocycles. The van der Waals surface area contributed by atoms with E-state index in [0.717, 1.165) is 41.1 Å². The number of thioether (sulfide) groups is 1. The zero-order valence-electron chi connectivity index (χ0n) is 22.3. The molecule has 0 N–H and O–H groups in total. The third-order valence-electron chi connectivity index (χ3n) is 7.43. The summed E-state index contributed by atoms with van der Waals surface area (Å²) in [6.07, 6.45) is 9.51. The number of carbonyl (C=O) groups is 2. The summed E-state index contributed by atoms with van der Waals surface area (Å²) in [6.45, 7) is 3.71. The van der Waals surface area contributed by atoms with Crippen molar-refractivity contribution in [3.05, 3.63) is 100 Å². The maximum Gasteiger partial charge on any atom is 0.265 e. The van der Waals surface area contributed by atoms with Gasteiger partial charge in [-0.2, -0.15) is 0 Å². The molecule has 1 fully saturated rings. The molecule has 0 unspecified atom stereocenters. The first-order chi connectivity index (χ1) is 19.1. The molecule has 5 rings (SSSR count). The molecule has 0 saturated carbocycles. The number of nitrogens with zero attached hydrogens (tertiary/aromatic N) is 2. The van der Waals surface area contributed by atoms with E-state index < -0.39 is 0 Å². The molecule has 2 aliphatic heterocycles. The minimum atomic E-state index is -0.312. The zero-order valence-corrected chi connectivity index (χ0v) is 23.1. The predicted molar refractivity (Wildman–Crippen MR) is 157 cm³/mol. The second-order valence-corrected chi connectivity index (χ2v) is 11.4. The summed E-state index contributed by atoms with van der Waals surface area (Å²) < 4.78 is 13.5. The molecule has 39 heavy (non-hydrogen) atoms. The van der Waals surface area contributed by atoms with E-state index in [4.69, 9.17) is 0 Å². The molecule has 0 bridgehead atoms. The lowest BCUT2D eigenvalue weighted by molar-refractivity contribution is -0.114. The minimum Gasteiger partial charge on any atom is -0.303 e. The van der Waals surface area contributed by atoms with Gasteiger partial charge in [-0.15, -0.1) is 0 Å². The van der Waals surface area contributed by atoms with E-state index in [-0.39, 0.29) is 17.5 Å². The van der Waals surface area contributed by atoms with Crippen LogP contribution in [0.4, 0.5) is 10.1 Å². The Morgan fingerprint density at radius 2 is 1.64 bits per heavy atom. The quantitative estimate of drug-likeness (QED) is 0.158. The molecule has 0 atom stereocenters. The number of unbranched alkanes of at least 4 members (excludes halogenated alkanes) is 1. The summed E-state index contributed by atoms with van der Waals surface area (Å²) in [5.74, 6) is -0.325. The van der Waals surface area contributed by atoms with Crippen molar-refractivity contribution in [2.45, 2.75) is 56.4 Å². The van der Waals surface area contributed by atoms with Crippen molar-refractivity contribution >= 4 is 35.2 Å². The Balaban J connectivity index is 1.33. The molecule has 6 heteroatoms. The second-order valence-electron chi connectivity index (χ2n) is 10.4. The number of likely N-dealkylation sites (tertiary alicyclic amines) is 1. The Bertz CT molecular complexity index is 1320. The van der Waals surface area contributed by atoms with Crippen molar-refractivity contribution in [1.82, 2.24) is 4.90 Å². The Hall–Kier alpha value is -3.22. The van der Waals surface area contributed by atoms with Crippen LogP contribution in [0, 0.1) is 5.82 Å². The van der Waals surface area contributed by atoms with Gasteiger partial charge in [-0.1, -0.05) is 73.1 Å². The number of ketones is 1. The molecule has 0 aromatic heterocycles. The van der Waals surface area contributed by atoms with Gasteiger partial charge in [0.25, 0.3) is 5.91 Å². The first-order valence-corrected chi connectivity index (χ1v) is 14.8. The number of anilines is 1. The van der Waals surface area contributed by atoms with Crippen LogP contribution in [0.1, 0.15) is 66.4 Å². The summed E-state index contributed by atoms with van der Waals surface area (Å²) in [5.41, 5.74) is 3.14. The van der Waals surface area contributed by atoms with Crippen LogP contribution < -0.4 is 4.90 Å². The number of amides is 1. The molecule has 3 aromatic carbocycles. The highest BCUT2D eigenvalue weighted by Gasteiger charge is 2.30. The van der Waals surface area contributed by atoms with E-state index in [2.05, 4.69) is 4.90 Å². The Kier molecular flexibility index (Phi) is 9.27. The van der Waals surface area contributed by atoms with E-state index in [1.165, 1.54) is 62.7 Å². The fraction of sp³-hybridized carbons (Fsp3) is 0.333. The lowest BCUT2D eigenvalue weighted by atomic mass is 10.0. The third kappa shape index (κ3) is 7.25. The molecule has 202 valence electrons. The van der Waals surface area contributed by atoms with E-state index in [1.54, 1.807) is 17.0 Å². The minimum absolute atomic E-state index is 0.110. The molecule has 3 aromatic rings. The van der Waals surface area contributed by atoms with Crippen LogP contribution in [0.3, 0.4) is 0 Å². The van der Waals surface area contributed by atoms with Gasteiger partial charge in [0.15, 0.2) is 5.78 Å². The molecule has 0 spiro atoms. The third-order valence-corrected chi connectivity index (χ3v) is 8.50. The summed E-state index contributed by atoms with van der Waals surface area (Å²) >= 11 is 1.43. The van der Waals surface area contributed by atoms with Crippen LogP contribution in [0.25, 0.3) is 6.08 Å². The summed E-state index contributed by atoms with van der Waals surface area (Å²) in [7, 11) is 0. The van der Waals surface area contributed by atoms with E-state index in [1.807, 2.05) is 54.6 Å². The largest absolute Gasteiger partial charge is 0.303 e. The Morgan fingerprint density at radius 1 is 0.897 bits per heavy atom. The number of halogens is 1. The van der Waals surface area contributed by atoms with E-state index >= 15 is 0 Å². The Morgan fingerprint density at radius 3 is 2.38 bits per heavy atom. The summed E-state index contributed by atoms with van der Waals surface area (Å²) in [5, 5.41) is 0. The van der Waals surface area contributed by atoms with Crippen LogP contribution in [0.15, 0.2) is 82.6 Å². The number of hydrogen-bond acceptors (Lipinski definition) is 4. The number of fused-ring (bicyclic) bond motifs is 1. The van der Waals surface area contributed by atoms with Gasteiger partial charge >= 0.3 is 0 Å². The van der Waals surface area contributed by atoms with Gasteiger partial charge in [0.05, 0.1) is 17.1 Å². The normalized spacial score (nSPS) is 17.2. The molecule has 2 heterocycles. The van der Waals surface area contributed by atoms with Gasteiger partial charge in [-0.05, 0) is 86.8 Å². The van der Waals surface area contributed by atoms with E-state index in [0.29, 0.717) is 23.4 Å². The highest BCUT2D eigenvalue weighted by Crippen LogP contribution is 2.43. The second kappa shape index (κ2) is 13.2. The number of carbonyl (C=O) groups excluding carboxylic acids is 2. The fourth-order valence-electron chi connectivity index (χ4n) is 5.24. The fourth-order valence-corrected chi connectivity index (χ4v) is 6.28. The van der Waals surface area contributed by atoms with Crippen LogP contribution in [-0.4, -0.2) is 36.2 Å². The number of hydrogen-bond donors (Lipinski definition) is 0. The van der Waals surface area contributed by atoms with Crippen LogP contribution in [0.5, 0.6) is 0 Å². The molecular weight excluding hydrogens is 507 g/mol. The molecule has 1 amide bonds. The monoisotopic (exact) mass is 542 g/mol. The van der Waals surface area contributed by atoms with Crippen LogP contribution in [-0.2, 0) is 11.3 Å². The van der Waals surface area contributed by atoms with Crippen molar-refractivity contribution in [2.75, 3.05) is 24.5 Å². The number of rotatable bonds is 9. The SMILES string of the molecule is O=C(CCCCN1CCCCCC1)c1ccc2c(c1)N(Cc1ccc(F)cc1)C(=O)/C(=C/c1ccccc1)S2. The number of benzene rings is 3. The summed E-state index contributed by atoms with van der Waals surface area (Å²) in [4.78, 5) is 32.6. The van der Waals surface area contributed by atoms with E-state index in [9.17, 15) is 14.0 Å². The van der Waals surface area contributed by atoms with Crippen molar-refractivity contribution < 1.29 is 14.0 Å². The predicted octanol–water partition coefficient (Wildman–Crippen LogP) is 7.73. The zero-order chi connectivity index (χ0) is 27.0. The first kappa shape index (κ1) is 27.4. The lowest BCUT2D eigenvalue weighted by Crippen LogP contribution is -2.34. The van der Waals surface area contributed by atoms with Crippen molar-refractivity contribution in [3.63, 3.8) is 0 Å². The highest BCUT2D eigenvalue weighted by molar-refractivity contribution is 8.04. The number of Topliss-reactive ketones (excluding diaryl/α,β-unsaturated/α-hetero) is 1. The van der Waals surface area contributed by atoms with Gasteiger partial charge in [0, 0.05) is 16.9 Å². The highest BCUT2D eigenvalue weighted by atomic mass is 32.2. The standard InChI is InChI=1S/C33H35FN2O2S/c34-28-16-13-26(14-17-28)24-36-29-23-27(30(37)12-6-9-21-35-19-7-1-2-8-20-35)15-18-31(29)39-32(33(36)38)22-25-10-4-3-5-11-25/h3-5,10-11,13-18,22-23H,1-2,6-9,12,19-21,24H2/b32-22-. The average Bonchev–Trinajstić information content (AvgIpc) is 3.23. The molecule has 2 aliphatic rings. The maximum absolute atomic E-state index is 13.7. The maximum atomic E-state index is 13.7. The van der Waals surface area contributed by atoms with Crippen molar-refractivity contribution in [1.29, 1.82) is 0 Å². The lowest BCUT2D eigenvalue weighted by Gasteiger charge is -2.31. The first-order valence-electron chi connectivity index (χ1n) is 14.0. The Labute approximate surface area is 234 Å². The topological polar surface area (TPSA) is 40.6 Å². The van der Waals surface area contributed by atoms with Gasteiger partial charge in [-0.3, -0.25) is 9.59 Å². The molecule has 0 radical (unpaired) electrons. The van der Waals surface area contributed by atoms with Gasteiger partial charge < -0.3 is 9.80 Å². The smallest absolute Gasteiger partial charge is 0.265 e. The summed E-state index contributed by atoms with van der Waals surface area (Å²) in [6, 6.07) is 21.7. The molecule has 1 saturated heterocycles. The van der Waals surface area contributed by atoms with Crippen LogP contribution in [0.2, 0.25) is 0 Å². The van der Waals surface area contributed by atoms with Gasteiger partial charge in [-0.25, -0.2) is 4.39 Å². The van der Waals surface area contributed by atoms with Crippen LogP contribution >= 0.6 is 11.8 Å². The molecular formula is C33H35FN2O2S. The van der Waals surface area contributed by atoms with Gasteiger partial charge in [0.1, 0.15) is 5.82 Å².